The van der Waals surface area contributed by atoms with Crippen molar-refractivity contribution in [3.63, 3.8) is 0 Å². The summed E-state index contributed by atoms with van der Waals surface area (Å²) in [6, 6.07) is 5.45. The Morgan fingerprint density at radius 2 is 1.62 bits per heavy atom. The van der Waals surface area contributed by atoms with Gasteiger partial charge < -0.3 is 25.8 Å². The molecule has 0 bridgehead atoms. The lowest BCUT2D eigenvalue weighted by Gasteiger charge is -2.18. The van der Waals surface area contributed by atoms with Gasteiger partial charge in [-0.15, -0.1) is 0 Å². The summed E-state index contributed by atoms with van der Waals surface area (Å²) in [6.07, 6.45) is 0.162. The second-order valence-corrected chi connectivity index (χ2v) is 8.10. The van der Waals surface area contributed by atoms with E-state index >= 15 is 0 Å². The van der Waals surface area contributed by atoms with Crippen LogP contribution in [0, 0.1) is 11.8 Å². The fraction of sp³-hybridized carbons (Fsp3) is 0.600. The van der Waals surface area contributed by atoms with Gasteiger partial charge in [-0.05, 0) is 31.9 Å². The van der Waals surface area contributed by atoms with Crippen molar-refractivity contribution in [1.29, 1.82) is 0 Å². The van der Waals surface area contributed by atoms with Crippen molar-refractivity contribution in [2.75, 3.05) is 18.4 Å². The number of carbonyl (C=O) groups excluding carboxylic acids is 3. The molecular weight excluding hydrogens is 438 g/mol. The van der Waals surface area contributed by atoms with E-state index in [-0.39, 0.29) is 62.3 Å². The topological polar surface area (TPSA) is 134 Å². The molecular formula is C25H41N3O6. The molecule has 0 saturated heterocycles. The van der Waals surface area contributed by atoms with E-state index in [1.807, 2.05) is 33.8 Å². The first-order chi connectivity index (χ1) is 16.0. The predicted molar refractivity (Wildman–Crippen MR) is 133 cm³/mol. The van der Waals surface area contributed by atoms with Crippen LogP contribution < -0.4 is 16.0 Å². The van der Waals surface area contributed by atoms with Crippen LogP contribution in [0.25, 0.3) is 0 Å². The van der Waals surface area contributed by atoms with E-state index in [9.17, 15) is 19.2 Å². The van der Waals surface area contributed by atoms with Crippen molar-refractivity contribution < 1.29 is 29.0 Å². The van der Waals surface area contributed by atoms with Crippen molar-refractivity contribution in [1.82, 2.24) is 10.6 Å². The second-order valence-electron chi connectivity index (χ2n) is 8.10. The van der Waals surface area contributed by atoms with Crippen LogP contribution in [-0.4, -0.2) is 48.0 Å². The van der Waals surface area contributed by atoms with Gasteiger partial charge in [0, 0.05) is 54.7 Å². The summed E-state index contributed by atoms with van der Waals surface area (Å²) in [5.41, 5.74) is 1.73. The molecule has 34 heavy (non-hydrogen) atoms. The number of nitrogens with one attached hydrogen (secondary N) is 3. The van der Waals surface area contributed by atoms with Gasteiger partial charge in [-0.2, -0.15) is 0 Å². The number of hydrogen-bond acceptors (Lipinski definition) is 6. The van der Waals surface area contributed by atoms with E-state index in [1.54, 1.807) is 32.9 Å². The normalized spacial score (nSPS) is 12.0. The number of amides is 2. The number of carboxylic acid groups (broad SMARTS) is 1. The van der Waals surface area contributed by atoms with Crippen LogP contribution in [-0.2, 0) is 25.7 Å². The summed E-state index contributed by atoms with van der Waals surface area (Å²) in [5, 5.41) is 17.6. The van der Waals surface area contributed by atoms with Crippen LogP contribution in [0.5, 0.6) is 0 Å². The third-order valence-corrected chi connectivity index (χ3v) is 4.96. The first-order valence-corrected chi connectivity index (χ1v) is 11.9. The van der Waals surface area contributed by atoms with E-state index in [0.29, 0.717) is 11.1 Å². The molecule has 1 aromatic rings. The molecule has 0 fully saturated rings. The van der Waals surface area contributed by atoms with Crippen LogP contribution in [0.1, 0.15) is 77.2 Å². The lowest BCUT2D eigenvalue weighted by Crippen LogP contribution is -2.39. The Hall–Kier alpha value is -3.10. The summed E-state index contributed by atoms with van der Waals surface area (Å²) in [6.45, 7) is 13.5. The van der Waals surface area contributed by atoms with Gasteiger partial charge in [-0.1, -0.05) is 40.7 Å². The molecule has 0 saturated carbocycles. The first-order valence-electron chi connectivity index (χ1n) is 11.9. The number of esters is 1. The van der Waals surface area contributed by atoms with E-state index in [4.69, 9.17) is 9.84 Å². The molecule has 2 atom stereocenters. The summed E-state index contributed by atoms with van der Waals surface area (Å²) >= 11 is 0. The zero-order chi connectivity index (χ0) is 26.3. The molecule has 0 aliphatic carbocycles. The number of aliphatic carboxylic acids is 1. The second kappa shape index (κ2) is 16.5. The Labute approximate surface area is 203 Å². The Balaban J connectivity index is 0.00000529. The Morgan fingerprint density at radius 1 is 1.00 bits per heavy atom. The van der Waals surface area contributed by atoms with Gasteiger partial charge in [-0.25, -0.2) is 0 Å². The van der Waals surface area contributed by atoms with Crippen molar-refractivity contribution >= 4 is 29.4 Å². The van der Waals surface area contributed by atoms with Crippen molar-refractivity contribution in [2.45, 2.75) is 74.0 Å². The summed E-state index contributed by atoms with van der Waals surface area (Å²) in [4.78, 5) is 47.3. The van der Waals surface area contributed by atoms with E-state index < -0.39 is 11.9 Å². The molecule has 0 spiro atoms. The number of carbonyl (C=O) groups is 4. The largest absolute Gasteiger partial charge is 0.481 e. The van der Waals surface area contributed by atoms with E-state index in [2.05, 4.69) is 16.0 Å². The number of ether oxygens (including phenoxy) is 1. The lowest BCUT2D eigenvalue weighted by atomic mass is 9.92. The van der Waals surface area contributed by atoms with E-state index in [0.717, 1.165) is 5.69 Å². The minimum Gasteiger partial charge on any atom is -0.481 e. The van der Waals surface area contributed by atoms with Crippen LogP contribution in [0.15, 0.2) is 18.2 Å². The number of carboxylic acids is 1. The van der Waals surface area contributed by atoms with Crippen LogP contribution in [0.2, 0.25) is 0 Å². The maximum atomic E-state index is 12.8. The smallest absolute Gasteiger partial charge is 0.305 e. The molecule has 4 N–H and O–H groups in total. The zero-order valence-corrected chi connectivity index (χ0v) is 21.5. The summed E-state index contributed by atoms with van der Waals surface area (Å²) in [5.74, 6) is -2.66. The molecule has 0 aliphatic heterocycles. The average Bonchev–Trinajstić information content (AvgIpc) is 2.80. The van der Waals surface area contributed by atoms with Gasteiger partial charge in [0.1, 0.15) is 6.61 Å². The molecule has 1 rings (SSSR count). The van der Waals surface area contributed by atoms with Crippen LogP contribution in [0.4, 0.5) is 5.69 Å². The fourth-order valence-electron chi connectivity index (χ4n) is 2.93. The van der Waals surface area contributed by atoms with Crippen molar-refractivity contribution in [3.05, 3.63) is 29.3 Å². The maximum absolute atomic E-state index is 12.8. The third-order valence-electron chi connectivity index (χ3n) is 4.96. The number of anilines is 1. The highest BCUT2D eigenvalue weighted by atomic mass is 16.5. The molecule has 0 heterocycles. The Bertz CT molecular complexity index is 810. The minimum absolute atomic E-state index is 0.00684. The van der Waals surface area contributed by atoms with Gasteiger partial charge in [0.2, 0.25) is 5.91 Å². The lowest BCUT2D eigenvalue weighted by molar-refractivity contribution is -0.144. The highest BCUT2D eigenvalue weighted by Gasteiger charge is 2.22. The minimum atomic E-state index is -0.945. The highest BCUT2D eigenvalue weighted by molar-refractivity contribution is 5.96. The van der Waals surface area contributed by atoms with Crippen molar-refractivity contribution in [2.24, 2.45) is 11.8 Å². The van der Waals surface area contributed by atoms with Gasteiger partial charge in [0.05, 0.1) is 0 Å². The monoisotopic (exact) mass is 479 g/mol. The zero-order valence-electron chi connectivity index (χ0n) is 21.5. The SMILES string of the molecule is CC.CCC(=O)OCc1ccc(NC(C)C)cc1C(=O)NCCNC(=O)C(C)C(C)CC(=O)O. The summed E-state index contributed by atoms with van der Waals surface area (Å²) in [7, 11) is 0. The molecule has 9 heteroatoms. The maximum Gasteiger partial charge on any atom is 0.305 e. The number of rotatable bonds is 13. The van der Waals surface area contributed by atoms with Crippen LogP contribution in [0.3, 0.4) is 0 Å². The molecule has 0 radical (unpaired) electrons. The van der Waals surface area contributed by atoms with Crippen molar-refractivity contribution in [3.8, 4) is 0 Å². The molecule has 2 unspecified atom stereocenters. The summed E-state index contributed by atoms with van der Waals surface area (Å²) < 4.78 is 5.18. The van der Waals surface area contributed by atoms with Gasteiger partial charge in [0.25, 0.3) is 5.91 Å². The molecule has 1 aromatic carbocycles. The Kier molecular flexibility index (Phi) is 15.0. The molecule has 192 valence electrons. The number of benzene rings is 1. The molecule has 2 amide bonds. The fourth-order valence-corrected chi connectivity index (χ4v) is 2.93. The van der Waals surface area contributed by atoms with Gasteiger partial charge in [0.15, 0.2) is 0 Å². The standard InChI is InChI=1S/C23H35N3O6.C2H6/c1-6-21(29)32-13-17-7-8-18(26-14(2)3)12-19(17)23(31)25-10-9-24-22(30)16(5)15(4)11-20(27)28;1-2/h7-8,12,14-16,26H,6,9-11,13H2,1-5H3,(H,24,30)(H,25,31)(H,27,28);1-2H3. The predicted octanol–water partition coefficient (Wildman–Crippen LogP) is 3.58. The van der Waals surface area contributed by atoms with Gasteiger partial charge in [-0.3, -0.25) is 19.2 Å². The van der Waals surface area contributed by atoms with E-state index in [1.165, 1.54) is 0 Å². The quantitative estimate of drug-likeness (QED) is 0.251. The first kappa shape index (κ1) is 30.9. The third kappa shape index (κ3) is 11.7. The highest BCUT2D eigenvalue weighted by Crippen LogP contribution is 2.18. The van der Waals surface area contributed by atoms with Crippen LogP contribution >= 0.6 is 0 Å². The molecule has 9 nitrogen and oxygen atoms in total. The Morgan fingerprint density at radius 3 is 2.18 bits per heavy atom. The van der Waals surface area contributed by atoms with Gasteiger partial charge >= 0.3 is 11.9 Å². The molecule has 0 aromatic heterocycles. The molecule has 0 aliphatic rings. The average molecular weight is 480 g/mol. The number of hydrogen-bond donors (Lipinski definition) is 4.